The van der Waals surface area contributed by atoms with E-state index in [1.165, 1.54) is 16.7 Å². The van der Waals surface area contributed by atoms with Crippen LogP contribution < -0.4 is 0 Å². The first kappa shape index (κ1) is 12.7. The highest BCUT2D eigenvalue weighted by atomic mass is 32.1. The Morgan fingerprint density at radius 2 is 1.40 bits per heavy atom. The number of hydrogen-bond donors (Lipinski definition) is 0. The lowest BCUT2D eigenvalue weighted by Gasteiger charge is -2.05. The third-order valence-corrected chi connectivity index (χ3v) is 3.75. The normalized spacial score (nSPS) is 9.80. The molecule has 0 aliphatic carbocycles. The Balaban J connectivity index is 2.12. The first-order chi connectivity index (χ1) is 9.93. The van der Waals surface area contributed by atoms with Gasteiger partial charge in [-0.15, -0.1) is 5.73 Å². The van der Waals surface area contributed by atoms with Gasteiger partial charge in [0, 0.05) is 5.57 Å². The highest BCUT2D eigenvalue weighted by molar-refractivity contribution is 7.08. The van der Waals surface area contributed by atoms with E-state index < -0.39 is 0 Å². The molecule has 3 rings (SSSR count). The molecule has 1 heteroatoms. The van der Waals surface area contributed by atoms with Gasteiger partial charge in [0.15, 0.2) is 0 Å². The Kier molecular flexibility index (Phi) is 3.93. The average molecular weight is 274 g/mol. The quantitative estimate of drug-likeness (QED) is 0.554. The minimum absolute atomic E-state index is 1.12. The smallest absolute Gasteiger partial charge is 0.0309 e. The zero-order valence-electron chi connectivity index (χ0n) is 11.0. The summed E-state index contributed by atoms with van der Waals surface area (Å²) >= 11 is 1.70. The molecule has 0 unspecified atom stereocenters. The molecule has 0 N–H and O–H groups in total. The predicted molar refractivity (Wildman–Crippen MR) is 87.7 cm³/mol. The molecule has 0 aliphatic heterocycles. The maximum Gasteiger partial charge on any atom is 0.0309 e. The van der Waals surface area contributed by atoms with Crippen molar-refractivity contribution in [1.82, 2.24) is 0 Å². The lowest BCUT2D eigenvalue weighted by atomic mass is 9.98. The van der Waals surface area contributed by atoms with Gasteiger partial charge in [-0.2, -0.15) is 11.3 Å². The topological polar surface area (TPSA) is 0 Å². The van der Waals surface area contributed by atoms with E-state index in [2.05, 4.69) is 71.1 Å². The molecule has 0 spiro atoms. The summed E-state index contributed by atoms with van der Waals surface area (Å²) in [5, 5.41) is 4.21. The summed E-state index contributed by atoms with van der Waals surface area (Å²) in [6, 6.07) is 22.9. The van der Waals surface area contributed by atoms with Gasteiger partial charge in [-0.1, -0.05) is 60.7 Å². The maximum absolute atomic E-state index is 3.45. The summed E-state index contributed by atoms with van der Waals surface area (Å²) < 4.78 is 0. The number of benzene rings is 2. The van der Waals surface area contributed by atoms with E-state index in [1.54, 1.807) is 11.3 Å². The Hall–Kier alpha value is -2.34. The van der Waals surface area contributed by atoms with E-state index in [9.17, 15) is 0 Å². The molecule has 0 bridgehead atoms. The Labute approximate surface area is 123 Å². The van der Waals surface area contributed by atoms with Crippen LogP contribution in [-0.2, 0) is 0 Å². The lowest BCUT2D eigenvalue weighted by Crippen LogP contribution is -1.85. The van der Waals surface area contributed by atoms with Gasteiger partial charge in [-0.25, -0.2) is 0 Å². The van der Waals surface area contributed by atoms with E-state index >= 15 is 0 Å². The van der Waals surface area contributed by atoms with Crippen molar-refractivity contribution < 1.29 is 0 Å². The van der Waals surface area contributed by atoms with Crippen molar-refractivity contribution in [3.63, 3.8) is 0 Å². The Morgan fingerprint density at radius 3 is 1.90 bits per heavy atom. The molecule has 3 aromatic rings. The minimum Gasteiger partial charge on any atom is -0.152 e. The Bertz CT molecular complexity index is 674. The summed E-state index contributed by atoms with van der Waals surface area (Å²) in [6.07, 6.45) is 2.05. The van der Waals surface area contributed by atoms with Crippen molar-refractivity contribution in [2.75, 3.05) is 0 Å². The summed E-state index contributed by atoms with van der Waals surface area (Å²) in [7, 11) is 0. The van der Waals surface area contributed by atoms with E-state index in [0.29, 0.717) is 0 Å². The fourth-order valence-corrected chi connectivity index (χ4v) is 2.67. The summed E-state index contributed by atoms with van der Waals surface area (Å²) in [5.41, 5.74) is 8.14. The molecule has 0 fully saturated rings. The van der Waals surface area contributed by atoms with Crippen LogP contribution in [0.5, 0.6) is 0 Å². The molecule has 0 amide bonds. The van der Waals surface area contributed by atoms with Crippen LogP contribution in [0.25, 0.3) is 11.6 Å². The summed E-state index contributed by atoms with van der Waals surface area (Å²) in [5.74, 6) is 0. The fourth-order valence-electron chi connectivity index (χ4n) is 2.06. The Morgan fingerprint density at radius 1 is 0.800 bits per heavy atom. The second kappa shape index (κ2) is 6.21. The molecular weight excluding hydrogens is 260 g/mol. The van der Waals surface area contributed by atoms with Crippen molar-refractivity contribution in [2.45, 2.75) is 0 Å². The van der Waals surface area contributed by atoms with E-state index in [4.69, 9.17) is 0 Å². The minimum atomic E-state index is 1.12. The molecule has 0 saturated heterocycles. The van der Waals surface area contributed by atoms with Crippen molar-refractivity contribution >= 4 is 23.0 Å². The molecule has 0 nitrogen and oxygen atoms in total. The van der Waals surface area contributed by atoms with Crippen LogP contribution in [0, 0.1) is 0 Å². The van der Waals surface area contributed by atoms with E-state index in [-0.39, 0.29) is 0 Å². The number of hydrogen-bond acceptors (Lipinski definition) is 1. The van der Waals surface area contributed by atoms with E-state index in [0.717, 1.165) is 5.57 Å². The molecule has 0 atom stereocenters. The monoisotopic (exact) mass is 274 g/mol. The van der Waals surface area contributed by atoms with Crippen LogP contribution in [-0.4, -0.2) is 0 Å². The van der Waals surface area contributed by atoms with Gasteiger partial charge in [0.1, 0.15) is 0 Å². The largest absolute Gasteiger partial charge is 0.152 e. The van der Waals surface area contributed by atoms with Crippen molar-refractivity contribution in [3.8, 4) is 0 Å². The first-order valence-corrected chi connectivity index (χ1v) is 7.47. The van der Waals surface area contributed by atoms with Gasteiger partial charge >= 0.3 is 0 Å². The van der Waals surface area contributed by atoms with Gasteiger partial charge in [0.05, 0.1) is 0 Å². The zero-order chi connectivity index (χ0) is 13.6. The van der Waals surface area contributed by atoms with Gasteiger partial charge in [-0.3, -0.25) is 0 Å². The second-order valence-electron chi connectivity index (χ2n) is 4.45. The molecule has 96 valence electrons. The molecular formula is C19H14S. The molecule has 0 saturated carbocycles. The van der Waals surface area contributed by atoms with Crippen LogP contribution in [0.3, 0.4) is 0 Å². The van der Waals surface area contributed by atoms with Crippen LogP contribution in [0.2, 0.25) is 0 Å². The molecule has 0 radical (unpaired) electrons. The van der Waals surface area contributed by atoms with Gasteiger partial charge in [0.25, 0.3) is 0 Å². The third-order valence-electron chi connectivity index (χ3n) is 3.05. The van der Waals surface area contributed by atoms with Crippen LogP contribution in [0.15, 0.2) is 83.2 Å². The van der Waals surface area contributed by atoms with Gasteiger partial charge < -0.3 is 0 Å². The van der Waals surface area contributed by atoms with Crippen LogP contribution in [0.4, 0.5) is 0 Å². The standard InChI is InChI=1S/C19H14S/c1-3-7-17(8-4-1)19(18-9-5-2-6-10-18)12-11-16-13-14-20-15-16/h1-11,13-15H. The molecule has 1 aromatic heterocycles. The summed E-state index contributed by atoms with van der Waals surface area (Å²) in [4.78, 5) is 0. The number of rotatable bonds is 3. The SMILES string of the molecule is C(=Cc1ccsc1)=C(c1ccccc1)c1ccccc1. The van der Waals surface area contributed by atoms with Crippen LogP contribution >= 0.6 is 11.3 Å². The van der Waals surface area contributed by atoms with Gasteiger partial charge in [-0.05, 0) is 39.6 Å². The predicted octanol–water partition coefficient (Wildman–Crippen LogP) is 5.49. The molecule has 20 heavy (non-hydrogen) atoms. The average Bonchev–Trinajstić information content (AvgIpc) is 3.03. The summed E-state index contributed by atoms with van der Waals surface area (Å²) in [6.45, 7) is 0. The highest BCUT2D eigenvalue weighted by Crippen LogP contribution is 2.22. The second-order valence-corrected chi connectivity index (χ2v) is 5.23. The molecule has 1 heterocycles. The lowest BCUT2D eigenvalue weighted by molar-refractivity contribution is 1.55. The van der Waals surface area contributed by atoms with Crippen molar-refractivity contribution in [2.24, 2.45) is 0 Å². The fraction of sp³-hybridized carbons (Fsp3) is 0. The van der Waals surface area contributed by atoms with E-state index in [1.807, 2.05) is 18.2 Å². The molecule has 0 aliphatic rings. The molecule has 2 aromatic carbocycles. The third kappa shape index (κ3) is 2.97. The van der Waals surface area contributed by atoms with Gasteiger partial charge in [0.2, 0.25) is 0 Å². The van der Waals surface area contributed by atoms with Crippen molar-refractivity contribution in [3.05, 3.63) is 99.9 Å². The van der Waals surface area contributed by atoms with Crippen LogP contribution in [0.1, 0.15) is 16.7 Å². The first-order valence-electron chi connectivity index (χ1n) is 6.53. The number of thiophene rings is 1. The zero-order valence-corrected chi connectivity index (χ0v) is 11.8. The maximum atomic E-state index is 3.45. The highest BCUT2D eigenvalue weighted by Gasteiger charge is 2.02. The van der Waals surface area contributed by atoms with Crippen molar-refractivity contribution in [1.29, 1.82) is 0 Å².